The number of likely N-dealkylation sites (tertiary alicyclic amines) is 1. The zero-order valence-corrected chi connectivity index (χ0v) is 18.6. The number of anilines is 2. The Morgan fingerprint density at radius 3 is 2.38 bits per heavy atom. The number of benzene rings is 2. The lowest BCUT2D eigenvalue weighted by Crippen LogP contribution is -2.27. The van der Waals surface area contributed by atoms with Gasteiger partial charge in [0, 0.05) is 30.0 Å². The SMILES string of the molecule is C=CC(=O)Nc1ccc(-c2cc3ncnc(N)c3n2-c2ccc(C(=O)N3CCCC3)cc2)cc1. The van der Waals surface area contributed by atoms with Crippen molar-refractivity contribution in [3.8, 4) is 16.9 Å². The Hall–Kier alpha value is -4.46. The predicted octanol–water partition coefficient (Wildman–Crippen LogP) is 4.03. The third kappa shape index (κ3) is 3.90. The first kappa shape index (κ1) is 21.4. The molecule has 2 aromatic carbocycles. The molecule has 3 N–H and O–H groups in total. The van der Waals surface area contributed by atoms with Crippen molar-refractivity contribution in [3.05, 3.63) is 79.1 Å². The van der Waals surface area contributed by atoms with E-state index in [9.17, 15) is 9.59 Å². The van der Waals surface area contributed by atoms with Crippen molar-refractivity contribution in [2.75, 3.05) is 24.1 Å². The number of nitrogens with zero attached hydrogens (tertiary/aromatic N) is 4. The molecule has 1 fully saturated rings. The first-order chi connectivity index (χ1) is 16.5. The molecule has 0 radical (unpaired) electrons. The van der Waals surface area contributed by atoms with E-state index in [1.165, 1.54) is 12.4 Å². The van der Waals surface area contributed by atoms with Gasteiger partial charge in [0.1, 0.15) is 11.8 Å². The minimum absolute atomic E-state index is 0.0571. The molecule has 8 nitrogen and oxygen atoms in total. The van der Waals surface area contributed by atoms with Gasteiger partial charge in [0.25, 0.3) is 5.91 Å². The molecule has 2 aromatic heterocycles. The van der Waals surface area contributed by atoms with Gasteiger partial charge in [-0.25, -0.2) is 9.97 Å². The molecule has 0 spiro atoms. The fourth-order valence-corrected chi connectivity index (χ4v) is 4.31. The number of rotatable bonds is 5. The normalized spacial score (nSPS) is 13.2. The van der Waals surface area contributed by atoms with Crippen LogP contribution in [-0.2, 0) is 4.79 Å². The Kier molecular flexibility index (Phi) is 5.55. The Balaban J connectivity index is 1.56. The highest BCUT2D eigenvalue weighted by atomic mass is 16.2. The minimum Gasteiger partial charge on any atom is -0.382 e. The summed E-state index contributed by atoms with van der Waals surface area (Å²) in [7, 11) is 0. The molecule has 1 aliphatic rings. The number of nitrogens with two attached hydrogens (primary N) is 1. The average Bonchev–Trinajstić information content (AvgIpc) is 3.53. The number of nitrogen functional groups attached to an aromatic ring is 1. The second-order valence-electron chi connectivity index (χ2n) is 8.17. The van der Waals surface area contributed by atoms with Crippen LogP contribution >= 0.6 is 0 Å². The molecule has 5 rings (SSSR count). The molecular weight excluding hydrogens is 428 g/mol. The zero-order valence-electron chi connectivity index (χ0n) is 18.6. The fourth-order valence-electron chi connectivity index (χ4n) is 4.31. The van der Waals surface area contributed by atoms with E-state index in [0.29, 0.717) is 28.1 Å². The molecule has 0 saturated carbocycles. The number of hydrogen-bond acceptors (Lipinski definition) is 5. The van der Waals surface area contributed by atoms with Gasteiger partial charge >= 0.3 is 0 Å². The van der Waals surface area contributed by atoms with Crippen LogP contribution < -0.4 is 11.1 Å². The van der Waals surface area contributed by atoms with Gasteiger partial charge in [0.05, 0.1) is 11.2 Å². The van der Waals surface area contributed by atoms with Gasteiger partial charge in [-0.05, 0) is 66.9 Å². The lowest BCUT2D eigenvalue weighted by atomic mass is 10.1. The van der Waals surface area contributed by atoms with Crippen LogP contribution in [0.15, 0.2) is 73.6 Å². The van der Waals surface area contributed by atoms with Crippen LogP contribution in [0.2, 0.25) is 0 Å². The summed E-state index contributed by atoms with van der Waals surface area (Å²) in [6.07, 6.45) is 4.78. The molecular formula is C26H24N6O2. The molecule has 4 aromatic rings. The highest BCUT2D eigenvalue weighted by Gasteiger charge is 2.20. The summed E-state index contributed by atoms with van der Waals surface area (Å²) in [5.74, 6) is 0.151. The summed E-state index contributed by atoms with van der Waals surface area (Å²) in [6.45, 7) is 5.09. The lowest BCUT2D eigenvalue weighted by molar-refractivity contribution is -0.111. The van der Waals surface area contributed by atoms with Crippen molar-refractivity contribution in [1.29, 1.82) is 0 Å². The van der Waals surface area contributed by atoms with Crippen LogP contribution in [0.25, 0.3) is 28.0 Å². The summed E-state index contributed by atoms with van der Waals surface area (Å²) in [6, 6.07) is 17.0. The molecule has 1 saturated heterocycles. The van der Waals surface area contributed by atoms with Crippen molar-refractivity contribution in [3.63, 3.8) is 0 Å². The molecule has 3 heterocycles. The number of hydrogen-bond donors (Lipinski definition) is 2. The molecule has 2 amide bonds. The minimum atomic E-state index is -0.270. The summed E-state index contributed by atoms with van der Waals surface area (Å²) in [5, 5.41) is 2.75. The molecule has 8 heteroatoms. The highest BCUT2D eigenvalue weighted by Crippen LogP contribution is 2.33. The molecule has 0 unspecified atom stereocenters. The Morgan fingerprint density at radius 1 is 1.00 bits per heavy atom. The number of nitrogens with one attached hydrogen (secondary N) is 1. The Labute approximate surface area is 196 Å². The molecule has 1 aliphatic heterocycles. The van der Waals surface area contributed by atoms with E-state index in [1.54, 1.807) is 0 Å². The standard InChI is InChI=1S/C26H24N6O2/c1-2-23(33)30-19-9-5-17(6-10-19)22-15-21-24(25(27)29-16-28-21)32(22)20-11-7-18(8-12-20)26(34)31-13-3-4-14-31/h2,5-12,15-16H,1,3-4,13-14H2,(H,30,33)(H2,27,28,29). The van der Waals surface area contributed by atoms with Crippen LogP contribution in [0.3, 0.4) is 0 Å². The van der Waals surface area contributed by atoms with Crippen LogP contribution in [0.5, 0.6) is 0 Å². The van der Waals surface area contributed by atoms with E-state index in [1.807, 2.05) is 64.1 Å². The number of amides is 2. The third-order valence-corrected chi connectivity index (χ3v) is 6.02. The molecule has 170 valence electrons. The van der Waals surface area contributed by atoms with E-state index < -0.39 is 0 Å². The smallest absolute Gasteiger partial charge is 0.253 e. The first-order valence-corrected chi connectivity index (χ1v) is 11.1. The van der Waals surface area contributed by atoms with Crippen LogP contribution in [0.4, 0.5) is 11.5 Å². The number of fused-ring (bicyclic) bond motifs is 1. The maximum absolute atomic E-state index is 12.8. The maximum atomic E-state index is 12.8. The monoisotopic (exact) mass is 452 g/mol. The summed E-state index contributed by atoms with van der Waals surface area (Å²) >= 11 is 0. The largest absolute Gasteiger partial charge is 0.382 e. The van der Waals surface area contributed by atoms with Crippen molar-refractivity contribution in [2.24, 2.45) is 0 Å². The van der Waals surface area contributed by atoms with Gasteiger partial charge in [0.2, 0.25) is 5.91 Å². The second-order valence-corrected chi connectivity index (χ2v) is 8.17. The number of aromatic nitrogens is 3. The van der Waals surface area contributed by atoms with Gasteiger partial charge in [-0.2, -0.15) is 0 Å². The van der Waals surface area contributed by atoms with E-state index in [4.69, 9.17) is 5.73 Å². The Bertz CT molecular complexity index is 1380. The number of carbonyl (C=O) groups is 2. The van der Waals surface area contributed by atoms with E-state index in [-0.39, 0.29) is 11.8 Å². The Morgan fingerprint density at radius 2 is 1.71 bits per heavy atom. The maximum Gasteiger partial charge on any atom is 0.253 e. The summed E-state index contributed by atoms with van der Waals surface area (Å²) < 4.78 is 1.99. The van der Waals surface area contributed by atoms with Crippen molar-refractivity contribution >= 4 is 34.4 Å². The fraction of sp³-hybridized carbons (Fsp3) is 0.154. The second kappa shape index (κ2) is 8.82. The topological polar surface area (TPSA) is 106 Å². The van der Waals surface area contributed by atoms with Gasteiger partial charge in [-0.3, -0.25) is 9.59 Å². The van der Waals surface area contributed by atoms with E-state index >= 15 is 0 Å². The molecule has 34 heavy (non-hydrogen) atoms. The quantitative estimate of drug-likeness (QED) is 0.445. The zero-order chi connectivity index (χ0) is 23.7. The van der Waals surface area contributed by atoms with Crippen LogP contribution in [-0.4, -0.2) is 44.3 Å². The van der Waals surface area contributed by atoms with Gasteiger partial charge < -0.3 is 20.5 Å². The van der Waals surface area contributed by atoms with E-state index in [0.717, 1.165) is 42.9 Å². The van der Waals surface area contributed by atoms with Crippen molar-refractivity contribution in [1.82, 2.24) is 19.4 Å². The van der Waals surface area contributed by atoms with Crippen LogP contribution in [0.1, 0.15) is 23.2 Å². The van der Waals surface area contributed by atoms with Crippen molar-refractivity contribution in [2.45, 2.75) is 12.8 Å². The summed E-state index contributed by atoms with van der Waals surface area (Å²) in [5.41, 5.74) is 11.6. The highest BCUT2D eigenvalue weighted by molar-refractivity contribution is 5.99. The van der Waals surface area contributed by atoms with E-state index in [2.05, 4.69) is 21.9 Å². The summed E-state index contributed by atoms with van der Waals surface area (Å²) in [4.78, 5) is 34.8. The molecule has 0 aliphatic carbocycles. The van der Waals surface area contributed by atoms with Gasteiger partial charge in [-0.1, -0.05) is 18.7 Å². The lowest BCUT2D eigenvalue weighted by Gasteiger charge is -2.16. The third-order valence-electron chi connectivity index (χ3n) is 6.02. The average molecular weight is 453 g/mol. The number of carbonyl (C=O) groups excluding carboxylic acids is 2. The molecule has 0 bridgehead atoms. The predicted molar refractivity (Wildman–Crippen MR) is 133 cm³/mol. The van der Waals surface area contributed by atoms with Gasteiger partial charge in [0.15, 0.2) is 5.82 Å². The van der Waals surface area contributed by atoms with Crippen LogP contribution in [0, 0.1) is 0 Å². The van der Waals surface area contributed by atoms with Gasteiger partial charge in [-0.15, -0.1) is 0 Å². The van der Waals surface area contributed by atoms with Crippen molar-refractivity contribution < 1.29 is 9.59 Å². The first-order valence-electron chi connectivity index (χ1n) is 11.1. The molecule has 0 atom stereocenters.